The first kappa shape index (κ1) is 22.2. The minimum atomic E-state index is -4.05. The lowest BCUT2D eigenvalue weighted by atomic mass is 10.1. The Bertz CT molecular complexity index is 1460. The molecule has 2 N–H and O–H groups in total. The smallest absolute Gasteiger partial charge is 0.285 e. The van der Waals surface area contributed by atoms with Gasteiger partial charge in [0.05, 0.1) is 16.1 Å². The van der Waals surface area contributed by atoms with Crippen molar-refractivity contribution < 1.29 is 18.3 Å². The van der Waals surface area contributed by atoms with E-state index in [1.807, 2.05) is 13.0 Å². The predicted molar refractivity (Wildman–Crippen MR) is 126 cm³/mol. The summed E-state index contributed by atoms with van der Waals surface area (Å²) in [6.45, 7) is 3.07. The van der Waals surface area contributed by atoms with E-state index < -0.39 is 22.5 Å². The van der Waals surface area contributed by atoms with E-state index in [1.165, 1.54) is 12.1 Å². The van der Waals surface area contributed by atoms with Crippen molar-refractivity contribution in [1.82, 2.24) is 4.98 Å². The number of aromatic nitrogens is 1. The summed E-state index contributed by atoms with van der Waals surface area (Å²) in [6.07, 6.45) is 0. The largest absolute Gasteiger partial charge is 0.493 e. The zero-order chi connectivity index (χ0) is 23.6. The van der Waals surface area contributed by atoms with E-state index in [-0.39, 0.29) is 16.5 Å². The number of amides is 1. The Labute approximate surface area is 191 Å². The fourth-order valence-corrected chi connectivity index (χ4v) is 4.97. The molecule has 0 aliphatic heterocycles. The predicted octanol–water partition coefficient (Wildman–Crippen LogP) is 5.00. The van der Waals surface area contributed by atoms with Crippen LogP contribution in [0.25, 0.3) is 10.9 Å². The van der Waals surface area contributed by atoms with Crippen molar-refractivity contribution in [3.05, 3.63) is 83.9 Å². The minimum Gasteiger partial charge on any atom is -0.493 e. The van der Waals surface area contributed by atoms with Crippen molar-refractivity contribution in [1.29, 1.82) is 0 Å². The Morgan fingerprint density at radius 2 is 1.70 bits per heavy atom. The van der Waals surface area contributed by atoms with E-state index in [1.54, 1.807) is 61.5 Å². The quantitative estimate of drug-likeness (QED) is 0.393. The molecule has 0 aliphatic rings. The van der Waals surface area contributed by atoms with E-state index in [0.29, 0.717) is 22.2 Å². The number of benzene rings is 3. The summed E-state index contributed by atoms with van der Waals surface area (Å²) < 4.78 is 27.9. The number of nitrogens with zero attached hydrogens (tertiary/aromatic N) is 3. The molecule has 1 heterocycles. The highest BCUT2D eigenvalue weighted by atomic mass is 32.2. The molecule has 168 valence electrons. The summed E-state index contributed by atoms with van der Waals surface area (Å²) in [5.41, 5.74) is 2.68. The number of carbonyl (C=O) groups excluding carboxylic acids is 1. The van der Waals surface area contributed by atoms with Gasteiger partial charge in [0, 0.05) is 5.39 Å². The van der Waals surface area contributed by atoms with Crippen LogP contribution in [0.3, 0.4) is 0 Å². The van der Waals surface area contributed by atoms with Gasteiger partial charge in [0.1, 0.15) is 6.54 Å². The Balaban J connectivity index is 1.71. The number of fused-ring (bicyclic) bond motifs is 1. The number of aromatic amines is 1. The average molecular weight is 463 g/mol. The molecule has 1 amide bonds. The molecule has 9 heteroatoms. The van der Waals surface area contributed by atoms with Crippen LogP contribution in [0.1, 0.15) is 11.1 Å². The van der Waals surface area contributed by atoms with E-state index in [9.17, 15) is 18.3 Å². The first-order valence-electron chi connectivity index (χ1n) is 10.2. The molecule has 1 aromatic heterocycles. The molecule has 0 saturated heterocycles. The number of H-pyrrole nitrogens is 1. The van der Waals surface area contributed by atoms with Crippen LogP contribution in [-0.2, 0) is 14.8 Å². The maximum atomic E-state index is 13.5. The summed E-state index contributed by atoms with van der Waals surface area (Å²) >= 11 is 0. The first-order chi connectivity index (χ1) is 15.8. The molecular weight excluding hydrogens is 440 g/mol. The topological polar surface area (TPSA) is 115 Å². The third kappa shape index (κ3) is 4.49. The molecule has 3 aromatic carbocycles. The fourth-order valence-electron chi connectivity index (χ4n) is 3.48. The Hall–Kier alpha value is -3.98. The maximum Gasteiger partial charge on any atom is 0.285 e. The molecule has 8 nitrogen and oxygen atoms in total. The average Bonchev–Trinajstić information content (AvgIpc) is 3.13. The molecular formula is C24H22N4O4S. The van der Waals surface area contributed by atoms with E-state index in [4.69, 9.17) is 0 Å². The monoisotopic (exact) mass is 462 g/mol. The maximum absolute atomic E-state index is 13.5. The number of nitrogens with one attached hydrogen (secondary N) is 1. The summed E-state index contributed by atoms with van der Waals surface area (Å²) in [5.74, 6) is -1.00. The van der Waals surface area contributed by atoms with Crippen LogP contribution in [0.15, 0.2) is 87.9 Å². The third-order valence-corrected chi connectivity index (χ3v) is 6.94. The summed E-state index contributed by atoms with van der Waals surface area (Å²) in [5, 5.41) is 18.3. The highest BCUT2D eigenvalue weighted by Crippen LogP contribution is 2.35. The van der Waals surface area contributed by atoms with Crippen LogP contribution < -0.4 is 4.31 Å². The van der Waals surface area contributed by atoms with Crippen molar-refractivity contribution in [3.63, 3.8) is 0 Å². The van der Waals surface area contributed by atoms with Crippen molar-refractivity contribution in [2.45, 2.75) is 18.7 Å². The SMILES string of the molecule is Cc1ccc(C)c(N(CC(=O)N=Nc2c(O)[nH]c3ccccc23)S(=O)(=O)c2ccccc2)c1. The second-order valence-electron chi connectivity index (χ2n) is 7.58. The third-order valence-electron chi connectivity index (χ3n) is 5.16. The van der Waals surface area contributed by atoms with Gasteiger partial charge in [-0.15, -0.1) is 10.2 Å². The van der Waals surface area contributed by atoms with Gasteiger partial charge in [0.2, 0.25) is 5.88 Å². The van der Waals surface area contributed by atoms with Crippen LogP contribution in [0.4, 0.5) is 11.4 Å². The molecule has 0 bridgehead atoms. The highest BCUT2D eigenvalue weighted by molar-refractivity contribution is 7.92. The van der Waals surface area contributed by atoms with Gasteiger partial charge < -0.3 is 10.1 Å². The number of azo groups is 1. The summed E-state index contributed by atoms with van der Waals surface area (Å²) in [6, 6.07) is 20.3. The molecule has 4 rings (SSSR count). The lowest BCUT2D eigenvalue weighted by molar-refractivity contribution is -0.116. The number of anilines is 1. The van der Waals surface area contributed by atoms with Gasteiger partial charge in [-0.1, -0.05) is 48.5 Å². The van der Waals surface area contributed by atoms with E-state index in [2.05, 4.69) is 15.2 Å². The molecule has 0 spiro atoms. The minimum absolute atomic E-state index is 0.0601. The molecule has 4 aromatic rings. The van der Waals surface area contributed by atoms with Crippen molar-refractivity contribution in [2.24, 2.45) is 10.2 Å². The van der Waals surface area contributed by atoms with E-state index in [0.717, 1.165) is 9.87 Å². The summed E-state index contributed by atoms with van der Waals surface area (Å²) in [7, 11) is -4.05. The van der Waals surface area contributed by atoms with Gasteiger partial charge in [-0.3, -0.25) is 9.10 Å². The molecule has 0 atom stereocenters. The molecule has 0 saturated carbocycles. The Kier molecular flexibility index (Phi) is 5.97. The van der Waals surface area contributed by atoms with Crippen LogP contribution in [0, 0.1) is 13.8 Å². The van der Waals surface area contributed by atoms with Crippen molar-refractivity contribution in [3.8, 4) is 5.88 Å². The number of sulfonamides is 1. The zero-order valence-electron chi connectivity index (χ0n) is 18.1. The number of carbonyl (C=O) groups is 1. The number of hydrogen-bond acceptors (Lipinski definition) is 5. The molecule has 0 radical (unpaired) electrons. The zero-order valence-corrected chi connectivity index (χ0v) is 18.9. The lowest BCUT2D eigenvalue weighted by Crippen LogP contribution is -2.35. The molecule has 0 unspecified atom stereocenters. The van der Waals surface area contributed by atoms with Gasteiger partial charge in [0.25, 0.3) is 15.9 Å². The Morgan fingerprint density at radius 3 is 2.45 bits per heavy atom. The highest BCUT2D eigenvalue weighted by Gasteiger charge is 2.28. The Morgan fingerprint density at radius 1 is 1.00 bits per heavy atom. The van der Waals surface area contributed by atoms with E-state index >= 15 is 0 Å². The number of aromatic hydroxyl groups is 1. The van der Waals surface area contributed by atoms with Gasteiger partial charge in [-0.05, 0) is 49.2 Å². The van der Waals surface area contributed by atoms with Gasteiger partial charge >= 0.3 is 0 Å². The molecule has 33 heavy (non-hydrogen) atoms. The van der Waals surface area contributed by atoms with Crippen LogP contribution in [0.2, 0.25) is 0 Å². The second-order valence-corrected chi connectivity index (χ2v) is 9.44. The van der Waals surface area contributed by atoms with Crippen LogP contribution in [0.5, 0.6) is 5.88 Å². The fraction of sp³-hybridized carbons (Fsp3) is 0.125. The first-order valence-corrected chi connectivity index (χ1v) is 11.6. The second kappa shape index (κ2) is 8.87. The number of hydrogen-bond donors (Lipinski definition) is 2. The van der Waals surface area contributed by atoms with Crippen LogP contribution in [-0.4, -0.2) is 31.0 Å². The number of para-hydroxylation sites is 1. The van der Waals surface area contributed by atoms with Gasteiger partial charge in [-0.2, -0.15) is 0 Å². The van der Waals surface area contributed by atoms with Gasteiger partial charge in [0.15, 0.2) is 5.69 Å². The van der Waals surface area contributed by atoms with Crippen molar-refractivity contribution in [2.75, 3.05) is 10.8 Å². The number of aryl methyl sites for hydroxylation is 2. The molecule has 0 aliphatic carbocycles. The standard InChI is InChI=1S/C24H22N4O4S/c1-16-12-13-17(2)21(14-16)28(33(31,32)18-8-4-3-5-9-18)15-22(29)26-27-23-19-10-6-7-11-20(19)25-24(23)30/h3-14,25,30H,15H2,1-2H3. The van der Waals surface area contributed by atoms with Crippen LogP contribution >= 0.6 is 0 Å². The van der Waals surface area contributed by atoms with Gasteiger partial charge in [-0.25, -0.2) is 8.42 Å². The number of rotatable bonds is 6. The summed E-state index contributed by atoms with van der Waals surface area (Å²) in [4.78, 5) is 15.6. The molecule has 0 fully saturated rings. The lowest BCUT2D eigenvalue weighted by Gasteiger charge is -2.25. The normalized spacial score (nSPS) is 11.8. The van der Waals surface area contributed by atoms with Crippen molar-refractivity contribution >= 4 is 38.2 Å².